The normalized spacial score (nSPS) is 15.6. The van der Waals surface area contributed by atoms with Crippen LogP contribution in [-0.2, 0) is 16.1 Å². The van der Waals surface area contributed by atoms with Crippen molar-refractivity contribution in [1.82, 2.24) is 4.90 Å². The van der Waals surface area contributed by atoms with Gasteiger partial charge in [0.2, 0.25) is 6.41 Å². The number of rotatable bonds is 7. The second-order valence-electron chi connectivity index (χ2n) is 6.23. The summed E-state index contributed by atoms with van der Waals surface area (Å²) in [7, 11) is 0. The Labute approximate surface area is 148 Å². The lowest BCUT2D eigenvalue weighted by Gasteiger charge is -2.29. The smallest absolute Gasteiger partial charge is 0.210 e. The van der Waals surface area contributed by atoms with E-state index < -0.39 is 6.10 Å². The van der Waals surface area contributed by atoms with Gasteiger partial charge in [0, 0.05) is 25.3 Å². The van der Waals surface area contributed by atoms with Crippen LogP contribution in [0.5, 0.6) is 0 Å². The van der Waals surface area contributed by atoms with E-state index in [-0.39, 0.29) is 6.54 Å². The highest BCUT2D eigenvalue weighted by Gasteiger charge is 2.14. The molecule has 1 saturated heterocycles. The van der Waals surface area contributed by atoms with Gasteiger partial charge >= 0.3 is 0 Å². The summed E-state index contributed by atoms with van der Waals surface area (Å²) in [6.45, 7) is 4.09. The first-order valence-corrected chi connectivity index (χ1v) is 8.60. The van der Waals surface area contributed by atoms with Crippen LogP contribution in [0.1, 0.15) is 17.2 Å². The minimum absolute atomic E-state index is 0.277. The Morgan fingerprint density at radius 3 is 2.40 bits per heavy atom. The first-order chi connectivity index (χ1) is 12.3. The van der Waals surface area contributed by atoms with Crippen LogP contribution >= 0.6 is 0 Å². The summed E-state index contributed by atoms with van der Waals surface area (Å²) in [5, 5.41) is 10.3. The van der Waals surface area contributed by atoms with Crippen LogP contribution in [-0.4, -0.2) is 49.3 Å². The summed E-state index contributed by atoms with van der Waals surface area (Å²) >= 11 is 0. The summed E-state index contributed by atoms with van der Waals surface area (Å²) < 4.78 is 5.37. The van der Waals surface area contributed by atoms with Crippen LogP contribution in [0.15, 0.2) is 54.6 Å². The number of aliphatic hydroxyl groups is 1. The van der Waals surface area contributed by atoms with E-state index in [0.29, 0.717) is 6.54 Å². The molecule has 1 fully saturated rings. The molecular formula is C20H24N2O3. The zero-order valence-corrected chi connectivity index (χ0v) is 14.3. The third kappa shape index (κ3) is 4.81. The molecular weight excluding hydrogens is 316 g/mol. The van der Waals surface area contributed by atoms with Gasteiger partial charge in [0.15, 0.2) is 0 Å². The maximum absolute atomic E-state index is 11.4. The van der Waals surface area contributed by atoms with Crippen molar-refractivity contribution >= 4 is 12.1 Å². The lowest BCUT2D eigenvalue weighted by Crippen LogP contribution is -2.36. The first-order valence-electron chi connectivity index (χ1n) is 8.60. The van der Waals surface area contributed by atoms with Crippen LogP contribution < -0.4 is 4.90 Å². The highest BCUT2D eigenvalue weighted by molar-refractivity contribution is 5.50. The highest BCUT2D eigenvalue weighted by atomic mass is 16.5. The molecule has 3 rings (SSSR count). The molecule has 5 nitrogen and oxygen atoms in total. The molecule has 0 bridgehead atoms. The average Bonchev–Trinajstić information content (AvgIpc) is 2.69. The van der Waals surface area contributed by atoms with Gasteiger partial charge in [-0.15, -0.1) is 0 Å². The van der Waals surface area contributed by atoms with E-state index in [9.17, 15) is 9.90 Å². The van der Waals surface area contributed by atoms with Gasteiger partial charge in [0.25, 0.3) is 0 Å². The van der Waals surface area contributed by atoms with Crippen molar-refractivity contribution < 1.29 is 14.6 Å². The summed E-state index contributed by atoms with van der Waals surface area (Å²) in [5.74, 6) is 0. The van der Waals surface area contributed by atoms with Crippen molar-refractivity contribution in [2.75, 3.05) is 37.7 Å². The number of hydrogen-bond acceptors (Lipinski definition) is 4. The third-order valence-corrected chi connectivity index (χ3v) is 4.44. The number of carbonyl (C=O) groups is 1. The van der Waals surface area contributed by atoms with Crippen LogP contribution in [0.3, 0.4) is 0 Å². The summed E-state index contributed by atoms with van der Waals surface area (Å²) in [5.41, 5.74) is 3.04. The van der Waals surface area contributed by atoms with Crippen molar-refractivity contribution in [3.05, 3.63) is 65.7 Å². The van der Waals surface area contributed by atoms with Gasteiger partial charge in [-0.2, -0.15) is 0 Å². The Balaban J connectivity index is 1.58. The summed E-state index contributed by atoms with van der Waals surface area (Å²) in [4.78, 5) is 15.3. The molecule has 1 unspecified atom stereocenters. The summed E-state index contributed by atoms with van der Waals surface area (Å²) in [6.07, 6.45) is 0.112. The maximum atomic E-state index is 11.4. The van der Waals surface area contributed by atoms with E-state index in [2.05, 4.69) is 17.0 Å². The van der Waals surface area contributed by atoms with Crippen LogP contribution in [0.2, 0.25) is 0 Å². The second-order valence-corrected chi connectivity index (χ2v) is 6.23. The zero-order valence-electron chi connectivity index (χ0n) is 14.3. The molecule has 25 heavy (non-hydrogen) atoms. The van der Waals surface area contributed by atoms with E-state index in [4.69, 9.17) is 4.74 Å². The number of hydrogen-bond donors (Lipinski definition) is 1. The highest BCUT2D eigenvalue weighted by Crippen LogP contribution is 2.19. The predicted molar refractivity (Wildman–Crippen MR) is 97.3 cm³/mol. The lowest BCUT2D eigenvalue weighted by molar-refractivity contribution is -0.120. The fourth-order valence-electron chi connectivity index (χ4n) is 3.02. The molecule has 2 aromatic carbocycles. The fourth-order valence-corrected chi connectivity index (χ4v) is 3.02. The number of anilines is 1. The Hall–Kier alpha value is -2.37. The second kappa shape index (κ2) is 8.65. The van der Waals surface area contributed by atoms with Crippen LogP contribution in [0.4, 0.5) is 5.69 Å². The standard InChI is InChI=1S/C20H24N2O3/c23-16-21(15-20(24)18-4-2-1-3-5-18)14-17-6-8-19(9-7-17)22-10-12-25-13-11-22/h1-9,16,20,24H,10-15H2. The number of nitrogens with zero attached hydrogens (tertiary/aromatic N) is 2. The minimum Gasteiger partial charge on any atom is -0.387 e. The molecule has 0 aliphatic carbocycles. The fraction of sp³-hybridized carbons (Fsp3) is 0.350. The van der Waals surface area contributed by atoms with Gasteiger partial charge in [-0.1, -0.05) is 42.5 Å². The van der Waals surface area contributed by atoms with Crippen molar-refractivity contribution in [3.8, 4) is 0 Å². The van der Waals surface area contributed by atoms with Crippen LogP contribution in [0, 0.1) is 0 Å². The number of amides is 1. The van der Waals surface area contributed by atoms with Gasteiger partial charge in [-0.05, 0) is 23.3 Å². The van der Waals surface area contributed by atoms with E-state index in [1.807, 2.05) is 42.5 Å². The summed E-state index contributed by atoms with van der Waals surface area (Å²) in [6, 6.07) is 17.6. The molecule has 1 aliphatic heterocycles. The van der Waals surface area contributed by atoms with Gasteiger partial charge in [-0.3, -0.25) is 4.79 Å². The molecule has 5 heteroatoms. The van der Waals surface area contributed by atoms with E-state index in [1.54, 1.807) is 4.90 Å². The molecule has 0 saturated carbocycles. The third-order valence-electron chi connectivity index (χ3n) is 4.44. The molecule has 1 heterocycles. The van der Waals surface area contributed by atoms with Gasteiger partial charge in [-0.25, -0.2) is 0 Å². The largest absolute Gasteiger partial charge is 0.387 e. The number of aliphatic hydroxyl groups excluding tert-OH is 1. The molecule has 1 aliphatic rings. The maximum Gasteiger partial charge on any atom is 0.210 e. The minimum atomic E-state index is -0.681. The van der Waals surface area contributed by atoms with Crippen molar-refractivity contribution in [1.29, 1.82) is 0 Å². The molecule has 0 radical (unpaired) electrons. The van der Waals surface area contributed by atoms with Crippen molar-refractivity contribution in [2.45, 2.75) is 12.6 Å². The molecule has 2 aromatic rings. The lowest BCUT2D eigenvalue weighted by atomic mass is 10.1. The van der Waals surface area contributed by atoms with Gasteiger partial charge in [0.05, 0.1) is 25.9 Å². The monoisotopic (exact) mass is 340 g/mol. The SMILES string of the molecule is O=CN(Cc1ccc(N2CCOCC2)cc1)CC(O)c1ccccc1. The van der Waals surface area contributed by atoms with Gasteiger partial charge in [0.1, 0.15) is 0 Å². The Morgan fingerprint density at radius 1 is 1.08 bits per heavy atom. The van der Waals surface area contributed by atoms with Crippen molar-refractivity contribution in [3.63, 3.8) is 0 Å². The van der Waals surface area contributed by atoms with E-state index in [0.717, 1.165) is 43.8 Å². The molecule has 1 amide bonds. The number of morpholine rings is 1. The Bertz CT molecular complexity index is 654. The van der Waals surface area contributed by atoms with Gasteiger partial charge < -0.3 is 19.6 Å². The van der Waals surface area contributed by atoms with E-state index >= 15 is 0 Å². The molecule has 1 N–H and O–H groups in total. The number of ether oxygens (including phenoxy) is 1. The first kappa shape index (κ1) is 17.5. The van der Waals surface area contributed by atoms with Crippen molar-refractivity contribution in [2.24, 2.45) is 0 Å². The molecule has 132 valence electrons. The predicted octanol–water partition coefficient (Wildman–Crippen LogP) is 2.22. The average molecular weight is 340 g/mol. The Morgan fingerprint density at radius 2 is 1.76 bits per heavy atom. The number of benzene rings is 2. The molecule has 1 atom stereocenters. The quantitative estimate of drug-likeness (QED) is 0.785. The van der Waals surface area contributed by atoms with Crippen LogP contribution in [0.25, 0.3) is 0 Å². The zero-order chi connectivity index (χ0) is 17.5. The number of carbonyl (C=O) groups excluding carboxylic acids is 1. The molecule has 0 spiro atoms. The van der Waals surface area contributed by atoms with E-state index in [1.165, 1.54) is 5.69 Å². The Kier molecular flexibility index (Phi) is 6.04. The topological polar surface area (TPSA) is 53.0 Å². The molecule has 0 aromatic heterocycles.